The van der Waals surface area contributed by atoms with Crippen molar-refractivity contribution in [2.75, 3.05) is 0 Å². The lowest BCUT2D eigenvalue weighted by Gasteiger charge is -2.27. The maximum atomic E-state index is 2.38. The topological polar surface area (TPSA) is 0 Å². The number of hydrogen-bond donors (Lipinski definition) is 0. The molecule has 2 atom stereocenters. The number of aryl methyl sites for hydroxylation is 1. The van der Waals surface area contributed by atoms with Gasteiger partial charge in [-0.2, -0.15) is 0 Å². The Morgan fingerprint density at radius 3 is 2.12 bits per heavy atom. The van der Waals surface area contributed by atoms with Crippen LogP contribution in [0.1, 0.15) is 57.1 Å². The molecule has 1 fully saturated rings. The normalized spacial score (nSPS) is 26.0. The van der Waals surface area contributed by atoms with Gasteiger partial charge in [0.2, 0.25) is 0 Å². The summed E-state index contributed by atoms with van der Waals surface area (Å²) in [6.07, 6.45) is 4.17. The van der Waals surface area contributed by atoms with Crippen molar-refractivity contribution in [2.45, 2.75) is 52.9 Å². The van der Waals surface area contributed by atoms with Gasteiger partial charge in [0.1, 0.15) is 0 Å². The predicted octanol–water partition coefficient (Wildman–Crippen LogP) is 4.92. The van der Waals surface area contributed by atoms with Crippen molar-refractivity contribution >= 4 is 0 Å². The first-order valence-electron chi connectivity index (χ1n) is 6.53. The molecule has 0 saturated heterocycles. The van der Waals surface area contributed by atoms with Crippen LogP contribution < -0.4 is 0 Å². The summed E-state index contributed by atoms with van der Waals surface area (Å²) in [5, 5.41) is 0. The van der Waals surface area contributed by atoms with Crippen LogP contribution in [0.4, 0.5) is 0 Å². The second kappa shape index (κ2) is 4.24. The van der Waals surface area contributed by atoms with E-state index in [1.54, 1.807) is 5.56 Å². The van der Waals surface area contributed by atoms with E-state index in [1.807, 2.05) is 0 Å². The number of rotatable bonds is 1. The molecule has 0 spiro atoms. The minimum Gasteiger partial charge on any atom is -0.0599 e. The Kier molecular flexibility index (Phi) is 3.10. The summed E-state index contributed by atoms with van der Waals surface area (Å²) in [6.45, 7) is 9.32. The summed E-state index contributed by atoms with van der Waals surface area (Å²) in [6, 6.07) is 9.15. The van der Waals surface area contributed by atoms with Crippen LogP contribution in [0, 0.1) is 18.3 Å². The van der Waals surface area contributed by atoms with Gasteiger partial charge in [-0.05, 0) is 49.0 Å². The van der Waals surface area contributed by atoms with E-state index in [0.29, 0.717) is 5.41 Å². The van der Waals surface area contributed by atoms with Gasteiger partial charge in [0.05, 0.1) is 0 Å². The molecule has 88 valence electrons. The van der Waals surface area contributed by atoms with Crippen LogP contribution in [-0.2, 0) is 0 Å². The molecule has 1 saturated carbocycles. The SMILES string of the molecule is Cc1ccc(C2CCC(C(C)(C)C)C2)cc1. The van der Waals surface area contributed by atoms with Gasteiger partial charge in [0.15, 0.2) is 0 Å². The molecule has 0 aliphatic heterocycles. The zero-order valence-electron chi connectivity index (χ0n) is 11.1. The van der Waals surface area contributed by atoms with E-state index in [9.17, 15) is 0 Å². The zero-order valence-corrected chi connectivity index (χ0v) is 11.1. The maximum Gasteiger partial charge on any atom is -0.0159 e. The van der Waals surface area contributed by atoms with E-state index >= 15 is 0 Å². The lowest BCUT2D eigenvalue weighted by Crippen LogP contribution is -2.17. The van der Waals surface area contributed by atoms with Crippen LogP contribution >= 0.6 is 0 Å². The van der Waals surface area contributed by atoms with Gasteiger partial charge in [-0.1, -0.05) is 50.6 Å². The lowest BCUT2D eigenvalue weighted by molar-refractivity contribution is 0.244. The Morgan fingerprint density at radius 2 is 1.62 bits per heavy atom. The molecular weight excluding hydrogens is 192 g/mol. The molecule has 2 rings (SSSR count). The van der Waals surface area contributed by atoms with Gasteiger partial charge in [-0.25, -0.2) is 0 Å². The average Bonchev–Trinajstić information content (AvgIpc) is 2.67. The molecule has 2 unspecified atom stereocenters. The van der Waals surface area contributed by atoms with Crippen LogP contribution in [0.25, 0.3) is 0 Å². The van der Waals surface area contributed by atoms with Gasteiger partial charge >= 0.3 is 0 Å². The Bertz CT molecular complexity index is 339. The minimum absolute atomic E-state index is 0.486. The number of benzene rings is 1. The average molecular weight is 216 g/mol. The van der Waals surface area contributed by atoms with Gasteiger partial charge in [-0.15, -0.1) is 0 Å². The smallest absolute Gasteiger partial charge is 0.0159 e. The Morgan fingerprint density at radius 1 is 1.00 bits per heavy atom. The summed E-state index contributed by atoms with van der Waals surface area (Å²) in [7, 11) is 0. The first-order chi connectivity index (χ1) is 7.47. The van der Waals surface area contributed by atoms with Crippen molar-refractivity contribution in [1.29, 1.82) is 0 Å². The van der Waals surface area contributed by atoms with Gasteiger partial charge in [0, 0.05) is 0 Å². The van der Waals surface area contributed by atoms with Crippen LogP contribution in [0.2, 0.25) is 0 Å². The third-order valence-electron chi connectivity index (χ3n) is 4.21. The third kappa shape index (κ3) is 2.48. The van der Waals surface area contributed by atoms with Gasteiger partial charge in [-0.3, -0.25) is 0 Å². The molecule has 1 aromatic rings. The molecule has 0 radical (unpaired) electrons. The molecule has 0 N–H and O–H groups in total. The van der Waals surface area contributed by atoms with Gasteiger partial charge in [0.25, 0.3) is 0 Å². The van der Waals surface area contributed by atoms with Crippen molar-refractivity contribution in [2.24, 2.45) is 11.3 Å². The molecule has 0 amide bonds. The van der Waals surface area contributed by atoms with E-state index in [0.717, 1.165) is 11.8 Å². The maximum absolute atomic E-state index is 2.38. The van der Waals surface area contributed by atoms with Crippen molar-refractivity contribution in [3.05, 3.63) is 35.4 Å². The molecule has 0 bridgehead atoms. The molecule has 1 aliphatic carbocycles. The second-order valence-electron chi connectivity index (χ2n) is 6.48. The third-order valence-corrected chi connectivity index (χ3v) is 4.21. The Hall–Kier alpha value is -0.780. The first kappa shape index (κ1) is 11.7. The van der Waals surface area contributed by atoms with E-state index in [2.05, 4.69) is 52.0 Å². The zero-order chi connectivity index (χ0) is 11.8. The summed E-state index contributed by atoms with van der Waals surface area (Å²) in [4.78, 5) is 0. The fraction of sp³-hybridized carbons (Fsp3) is 0.625. The molecule has 0 aromatic heterocycles. The summed E-state index contributed by atoms with van der Waals surface area (Å²) < 4.78 is 0. The van der Waals surface area contributed by atoms with Crippen LogP contribution in [0.5, 0.6) is 0 Å². The molecule has 0 heterocycles. The highest BCUT2D eigenvalue weighted by atomic mass is 14.4. The minimum atomic E-state index is 0.486. The van der Waals surface area contributed by atoms with Crippen LogP contribution in [0.3, 0.4) is 0 Å². The molecule has 0 heteroatoms. The van der Waals surface area contributed by atoms with E-state index < -0.39 is 0 Å². The summed E-state index contributed by atoms with van der Waals surface area (Å²) in [5.74, 6) is 1.71. The van der Waals surface area contributed by atoms with E-state index in [-0.39, 0.29) is 0 Å². The summed E-state index contributed by atoms with van der Waals surface area (Å²) in [5.41, 5.74) is 3.41. The second-order valence-corrected chi connectivity index (χ2v) is 6.48. The highest BCUT2D eigenvalue weighted by Crippen LogP contribution is 2.46. The van der Waals surface area contributed by atoms with Crippen molar-refractivity contribution < 1.29 is 0 Å². The van der Waals surface area contributed by atoms with Crippen molar-refractivity contribution in [1.82, 2.24) is 0 Å². The highest BCUT2D eigenvalue weighted by Gasteiger charge is 2.33. The Balaban J connectivity index is 2.06. The quantitative estimate of drug-likeness (QED) is 0.624. The van der Waals surface area contributed by atoms with Crippen LogP contribution in [-0.4, -0.2) is 0 Å². The molecule has 1 aromatic carbocycles. The molecule has 0 nitrogen and oxygen atoms in total. The van der Waals surface area contributed by atoms with Crippen molar-refractivity contribution in [3.63, 3.8) is 0 Å². The highest BCUT2D eigenvalue weighted by molar-refractivity contribution is 5.25. The lowest BCUT2D eigenvalue weighted by atomic mass is 9.79. The standard InChI is InChI=1S/C16H24/c1-12-5-7-13(8-6-12)14-9-10-15(11-14)16(2,3)4/h5-8,14-15H,9-11H2,1-4H3. The fourth-order valence-electron chi connectivity index (χ4n) is 2.91. The first-order valence-corrected chi connectivity index (χ1v) is 6.53. The Labute approximate surface area is 100 Å². The van der Waals surface area contributed by atoms with Crippen LogP contribution in [0.15, 0.2) is 24.3 Å². The predicted molar refractivity (Wildman–Crippen MR) is 70.7 cm³/mol. The fourth-order valence-corrected chi connectivity index (χ4v) is 2.91. The molecular formula is C16H24. The van der Waals surface area contributed by atoms with E-state index in [4.69, 9.17) is 0 Å². The largest absolute Gasteiger partial charge is 0.0599 e. The van der Waals surface area contributed by atoms with E-state index in [1.165, 1.54) is 24.8 Å². The molecule has 1 aliphatic rings. The van der Waals surface area contributed by atoms with Gasteiger partial charge < -0.3 is 0 Å². The molecule has 16 heavy (non-hydrogen) atoms. The monoisotopic (exact) mass is 216 g/mol. The van der Waals surface area contributed by atoms with Crippen molar-refractivity contribution in [3.8, 4) is 0 Å². The number of hydrogen-bond acceptors (Lipinski definition) is 0. The summed E-state index contributed by atoms with van der Waals surface area (Å²) >= 11 is 0.